The second kappa shape index (κ2) is 7.09. The Hall–Kier alpha value is -1.94. The lowest BCUT2D eigenvalue weighted by Gasteiger charge is -2.12. The van der Waals surface area contributed by atoms with E-state index in [-0.39, 0.29) is 5.97 Å². The van der Waals surface area contributed by atoms with Gasteiger partial charge >= 0.3 is 5.97 Å². The topological polar surface area (TPSA) is 48.4 Å². The van der Waals surface area contributed by atoms with Crippen molar-refractivity contribution in [3.05, 3.63) is 41.1 Å². The third-order valence-corrected chi connectivity index (χ3v) is 4.27. The molecule has 0 atom stereocenters. The van der Waals surface area contributed by atoms with Gasteiger partial charge in [0.2, 0.25) is 0 Å². The zero-order chi connectivity index (χ0) is 16.2. The van der Waals surface area contributed by atoms with Crippen LogP contribution in [0, 0.1) is 0 Å². The molecule has 0 unspecified atom stereocenters. The molecule has 4 heteroatoms. The predicted molar refractivity (Wildman–Crippen MR) is 89.9 cm³/mol. The molecule has 1 aromatic carbocycles. The van der Waals surface area contributed by atoms with Crippen molar-refractivity contribution in [3.63, 3.8) is 0 Å². The third kappa shape index (κ3) is 3.53. The number of rotatable bonds is 7. The normalized spacial score (nSPS) is 14.2. The van der Waals surface area contributed by atoms with E-state index >= 15 is 0 Å². The minimum atomic E-state index is -0.306. The highest BCUT2D eigenvalue weighted by Crippen LogP contribution is 2.44. The van der Waals surface area contributed by atoms with Crippen molar-refractivity contribution in [3.8, 4) is 0 Å². The average Bonchev–Trinajstić information content (AvgIpc) is 3.39. The summed E-state index contributed by atoms with van der Waals surface area (Å²) in [6.07, 6.45) is 6.14. The summed E-state index contributed by atoms with van der Waals surface area (Å²) in [5.74, 6) is 0.316. The average molecular weight is 313 g/mol. The van der Waals surface area contributed by atoms with E-state index in [4.69, 9.17) is 9.47 Å². The van der Waals surface area contributed by atoms with Gasteiger partial charge in [0.15, 0.2) is 0 Å². The van der Waals surface area contributed by atoms with Gasteiger partial charge < -0.3 is 9.47 Å². The van der Waals surface area contributed by atoms with Gasteiger partial charge in [-0.2, -0.15) is 0 Å². The maximum absolute atomic E-state index is 11.9. The zero-order valence-corrected chi connectivity index (χ0v) is 13.8. The number of methoxy groups -OCH3 is 1. The maximum atomic E-state index is 11.9. The molecule has 3 rings (SSSR count). The number of benzene rings is 1. The fourth-order valence-electron chi connectivity index (χ4n) is 3.04. The number of nitrogens with zero attached hydrogens (tertiary/aromatic N) is 1. The number of ether oxygens (including phenoxy) is 2. The Labute approximate surface area is 136 Å². The number of fused-ring (bicyclic) bond motifs is 1. The highest BCUT2D eigenvalue weighted by molar-refractivity contribution is 5.94. The van der Waals surface area contributed by atoms with E-state index in [2.05, 4.69) is 17.1 Å². The second-order valence-corrected chi connectivity index (χ2v) is 6.03. The van der Waals surface area contributed by atoms with E-state index in [1.807, 2.05) is 13.0 Å². The predicted octanol–water partition coefficient (Wildman–Crippen LogP) is 3.87. The SMILES string of the molecule is CCOC(=O)c1cnc2c(C3CC3)c(CCCOC)ccc2c1. The molecular formula is C19H23NO3. The van der Waals surface area contributed by atoms with Crippen molar-refractivity contribution in [2.75, 3.05) is 20.3 Å². The van der Waals surface area contributed by atoms with Crippen LogP contribution in [0.1, 0.15) is 53.6 Å². The molecule has 0 radical (unpaired) electrons. The standard InChI is InChI=1S/C19H23NO3/c1-3-23-19(21)16-11-15-9-8-13(5-4-10-22-2)17(14-6-7-14)18(15)20-12-16/h8-9,11-12,14H,3-7,10H2,1-2H3. The molecule has 1 aromatic heterocycles. The monoisotopic (exact) mass is 313 g/mol. The van der Waals surface area contributed by atoms with E-state index in [1.54, 1.807) is 13.3 Å². The van der Waals surface area contributed by atoms with Crippen molar-refractivity contribution < 1.29 is 14.3 Å². The van der Waals surface area contributed by atoms with Gasteiger partial charge in [-0.05, 0) is 55.7 Å². The summed E-state index contributed by atoms with van der Waals surface area (Å²) in [7, 11) is 1.74. The molecule has 0 spiro atoms. The molecule has 1 fully saturated rings. The van der Waals surface area contributed by atoms with Crippen LogP contribution >= 0.6 is 0 Å². The summed E-state index contributed by atoms with van der Waals surface area (Å²) in [5, 5.41) is 1.02. The third-order valence-electron chi connectivity index (χ3n) is 4.27. The minimum Gasteiger partial charge on any atom is -0.462 e. The number of carbonyl (C=O) groups excluding carboxylic acids is 1. The molecule has 0 aliphatic heterocycles. The smallest absolute Gasteiger partial charge is 0.339 e. The molecule has 0 amide bonds. The van der Waals surface area contributed by atoms with Gasteiger partial charge in [-0.25, -0.2) is 4.79 Å². The van der Waals surface area contributed by atoms with Gasteiger partial charge in [-0.3, -0.25) is 4.98 Å². The van der Waals surface area contributed by atoms with Crippen LogP contribution in [0.25, 0.3) is 10.9 Å². The van der Waals surface area contributed by atoms with E-state index in [0.717, 1.165) is 30.4 Å². The molecule has 2 aromatic rings. The molecule has 0 bridgehead atoms. The number of aryl methyl sites for hydroxylation is 1. The Morgan fingerprint density at radius 3 is 2.87 bits per heavy atom. The molecular weight excluding hydrogens is 290 g/mol. The van der Waals surface area contributed by atoms with E-state index in [1.165, 1.54) is 24.0 Å². The molecule has 0 saturated heterocycles. The Kier molecular flexibility index (Phi) is 4.91. The van der Waals surface area contributed by atoms with Crippen LogP contribution in [0.2, 0.25) is 0 Å². The summed E-state index contributed by atoms with van der Waals surface area (Å²) >= 11 is 0. The van der Waals surface area contributed by atoms with Gasteiger partial charge in [0.1, 0.15) is 0 Å². The first-order chi connectivity index (χ1) is 11.2. The van der Waals surface area contributed by atoms with Crippen LogP contribution in [0.5, 0.6) is 0 Å². The van der Waals surface area contributed by atoms with Crippen LogP contribution in [-0.2, 0) is 15.9 Å². The molecule has 4 nitrogen and oxygen atoms in total. The number of carbonyl (C=O) groups is 1. The lowest BCUT2D eigenvalue weighted by molar-refractivity contribution is 0.0526. The van der Waals surface area contributed by atoms with Gasteiger partial charge in [0, 0.05) is 25.3 Å². The van der Waals surface area contributed by atoms with Gasteiger partial charge in [0.25, 0.3) is 0 Å². The minimum absolute atomic E-state index is 0.306. The largest absolute Gasteiger partial charge is 0.462 e. The molecule has 0 N–H and O–H groups in total. The van der Waals surface area contributed by atoms with Crippen molar-refractivity contribution in [2.45, 2.75) is 38.5 Å². The summed E-state index contributed by atoms with van der Waals surface area (Å²) in [6.45, 7) is 2.96. The first-order valence-corrected chi connectivity index (χ1v) is 8.32. The van der Waals surface area contributed by atoms with Gasteiger partial charge in [0.05, 0.1) is 17.7 Å². The maximum Gasteiger partial charge on any atom is 0.339 e. The van der Waals surface area contributed by atoms with Crippen molar-refractivity contribution >= 4 is 16.9 Å². The summed E-state index contributed by atoms with van der Waals surface area (Å²) in [6, 6.07) is 6.15. The van der Waals surface area contributed by atoms with Crippen LogP contribution in [0.3, 0.4) is 0 Å². The molecule has 23 heavy (non-hydrogen) atoms. The van der Waals surface area contributed by atoms with E-state index in [0.29, 0.717) is 18.1 Å². The summed E-state index contributed by atoms with van der Waals surface area (Å²) < 4.78 is 10.2. The molecule has 1 heterocycles. The fraction of sp³-hybridized carbons (Fsp3) is 0.474. The van der Waals surface area contributed by atoms with Crippen LogP contribution < -0.4 is 0 Å². The van der Waals surface area contributed by atoms with Crippen molar-refractivity contribution in [1.29, 1.82) is 0 Å². The van der Waals surface area contributed by atoms with Crippen molar-refractivity contribution in [1.82, 2.24) is 4.98 Å². The number of aromatic nitrogens is 1. The Balaban J connectivity index is 1.96. The lowest BCUT2D eigenvalue weighted by atomic mass is 9.95. The van der Waals surface area contributed by atoms with Crippen LogP contribution in [0.15, 0.2) is 24.4 Å². The highest BCUT2D eigenvalue weighted by atomic mass is 16.5. The number of hydrogen-bond donors (Lipinski definition) is 0. The Morgan fingerprint density at radius 1 is 1.35 bits per heavy atom. The second-order valence-electron chi connectivity index (χ2n) is 6.03. The van der Waals surface area contributed by atoms with E-state index < -0.39 is 0 Å². The Morgan fingerprint density at radius 2 is 2.17 bits per heavy atom. The fourth-order valence-corrected chi connectivity index (χ4v) is 3.04. The molecule has 122 valence electrons. The number of hydrogen-bond acceptors (Lipinski definition) is 4. The molecule has 1 aliphatic carbocycles. The number of pyridine rings is 1. The van der Waals surface area contributed by atoms with E-state index in [9.17, 15) is 4.79 Å². The van der Waals surface area contributed by atoms with Gasteiger partial charge in [-0.1, -0.05) is 12.1 Å². The summed E-state index contributed by atoms with van der Waals surface area (Å²) in [4.78, 5) is 16.5. The number of esters is 1. The first-order valence-electron chi connectivity index (χ1n) is 8.32. The van der Waals surface area contributed by atoms with Crippen molar-refractivity contribution in [2.24, 2.45) is 0 Å². The molecule has 1 saturated carbocycles. The highest BCUT2D eigenvalue weighted by Gasteiger charge is 2.28. The summed E-state index contributed by atoms with van der Waals surface area (Å²) in [5.41, 5.74) is 4.30. The van der Waals surface area contributed by atoms with Gasteiger partial charge in [-0.15, -0.1) is 0 Å². The first kappa shape index (κ1) is 15.9. The molecule has 1 aliphatic rings. The van der Waals surface area contributed by atoms with Crippen LogP contribution in [-0.4, -0.2) is 31.3 Å². The Bertz CT molecular complexity index is 707. The zero-order valence-electron chi connectivity index (χ0n) is 13.8. The quantitative estimate of drug-likeness (QED) is 0.575. The van der Waals surface area contributed by atoms with Crippen LogP contribution in [0.4, 0.5) is 0 Å². The lowest BCUT2D eigenvalue weighted by Crippen LogP contribution is -2.06.